The first-order chi connectivity index (χ1) is 9.22. The summed E-state index contributed by atoms with van der Waals surface area (Å²) >= 11 is 0. The molecule has 0 atom stereocenters. The van der Waals surface area contributed by atoms with Gasteiger partial charge in [0.15, 0.2) is 5.65 Å². The summed E-state index contributed by atoms with van der Waals surface area (Å²) in [5, 5.41) is 0. The first kappa shape index (κ1) is 11.5. The number of pyridine rings is 1. The van der Waals surface area contributed by atoms with Crippen molar-refractivity contribution in [1.82, 2.24) is 15.0 Å². The van der Waals surface area contributed by atoms with Crippen LogP contribution in [-0.2, 0) is 6.61 Å². The molecule has 2 aromatic heterocycles. The van der Waals surface area contributed by atoms with Crippen LogP contribution in [0.15, 0.2) is 36.5 Å². The van der Waals surface area contributed by atoms with Crippen LogP contribution in [0.1, 0.15) is 11.4 Å². The number of para-hydroxylation sites is 2. The smallest absolute Gasteiger partial charge is 0.177 e. The van der Waals surface area contributed by atoms with Gasteiger partial charge < -0.3 is 15.5 Å². The highest BCUT2D eigenvalue weighted by Crippen LogP contribution is 2.21. The summed E-state index contributed by atoms with van der Waals surface area (Å²) in [5.74, 6) is 1.39. The molecule has 5 heteroatoms. The highest BCUT2D eigenvalue weighted by molar-refractivity contribution is 5.70. The molecule has 0 aliphatic rings. The van der Waals surface area contributed by atoms with Gasteiger partial charge in [0.1, 0.15) is 18.2 Å². The standard InChI is InChI=1S/C14H14N4O/c1-9-6-11-14(16-7-9)18-13(17-11)8-19-12-5-3-2-4-10(12)15/h2-7H,8,15H2,1H3,(H,16,17,18). The van der Waals surface area contributed by atoms with E-state index in [2.05, 4.69) is 15.0 Å². The van der Waals surface area contributed by atoms with Crippen LogP contribution in [0, 0.1) is 6.92 Å². The van der Waals surface area contributed by atoms with Crippen molar-refractivity contribution in [2.75, 3.05) is 5.73 Å². The Morgan fingerprint density at radius 3 is 3.00 bits per heavy atom. The summed E-state index contributed by atoms with van der Waals surface area (Å²) in [5.41, 5.74) is 9.14. The van der Waals surface area contributed by atoms with E-state index < -0.39 is 0 Å². The number of hydrogen-bond acceptors (Lipinski definition) is 4. The number of imidazole rings is 1. The van der Waals surface area contributed by atoms with Crippen LogP contribution >= 0.6 is 0 Å². The first-order valence-corrected chi connectivity index (χ1v) is 6.01. The Kier molecular flexibility index (Phi) is 2.79. The van der Waals surface area contributed by atoms with Gasteiger partial charge in [0.2, 0.25) is 0 Å². The molecule has 0 saturated heterocycles. The number of H-pyrrole nitrogens is 1. The maximum atomic E-state index is 5.81. The average Bonchev–Trinajstić information content (AvgIpc) is 2.79. The number of hydrogen-bond donors (Lipinski definition) is 2. The number of benzene rings is 1. The molecule has 0 saturated carbocycles. The molecule has 0 fully saturated rings. The Labute approximate surface area is 110 Å². The summed E-state index contributed by atoms with van der Waals surface area (Å²) < 4.78 is 5.64. The lowest BCUT2D eigenvalue weighted by molar-refractivity contribution is 0.299. The number of fused-ring (bicyclic) bond motifs is 1. The summed E-state index contributed by atoms with van der Waals surface area (Å²) in [6.45, 7) is 2.33. The maximum Gasteiger partial charge on any atom is 0.177 e. The lowest BCUT2D eigenvalue weighted by Crippen LogP contribution is -1.99. The highest BCUT2D eigenvalue weighted by atomic mass is 16.5. The van der Waals surface area contributed by atoms with E-state index in [0.717, 1.165) is 16.9 Å². The molecule has 0 unspecified atom stereocenters. The fourth-order valence-electron chi connectivity index (χ4n) is 1.88. The van der Waals surface area contributed by atoms with Crippen molar-refractivity contribution < 1.29 is 4.74 Å². The quantitative estimate of drug-likeness (QED) is 0.704. The zero-order chi connectivity index (χ0) is 13.2. The molecule has 0 aliphatic carbocycles. The Balaban J connectivity index is 1.80. The summed E-state index contributed by atoms with van der Waals surface area (Å²) in [6, 6.07) is 9.40. The Hall–Kier alpha value is -2.56. The number of nitrogens with one attached hydrogen (secondary N) is 1. The normalized spacial score (nSPS) is 10.8. The van der Waals surface area contributed by atoms with E-state index in [4.69, 9.17) is 10.5 Å². The van der Waals surface area contributed by atoms with E-state index in [1.54, 1.807) is 12.3 Å². The van der Waals surface area contributed by atoms with E-state index in [1.807, 2.05) is 31.2 Å². The second-order valence-electron chi connectivity index (χ2n) is 4.39. The predicted molar refractivity (Wildman–Crippen MR) is 73.8 cm³/mol. The molecule has 96 valence electrons. The summed E-state index contributed by atoms with van der Waals surface area (Å²) in [7, 11) is 0. The third-order valence-corrected chi connectivity index (χ3v) is 2.81. The van der Waals surface area contributed by atoms with Crippen molar-refractivity contribution in [1.29, 1.82) is 0 Å². The van der Waals surface area contributed by atoms with Crippen molar-refractivity contribution in [3.8, 4) is 5.75 Å². The third kappa shape index (κ3) is 2.35. The maximum absolute atomic E-state index is 5.81. The fourth-order valence-corrected chi connectivity index (χ4v) is 1.88. The van der Waals surface area contributed by atoms with Crippen LogP contribution in [0.3, 0.4) is 0 Å². The fraction of sp³-hybridized carbons (Fsp3) is 0.143. The predicted octanol–water partition coefficient (Wildman–Crippen LogP) is 2.43. The molecule has 0 aliphatic heterocycles. The topological polar surface area (TPSA) is 76.8 Å². The molecule has 3 N–H and O–H groups in total. The Morgan fingerprint density at radius 2 is 2.16 bits per heavy atom. The van der Waals surface area contributed by atoms with Gasteiger partial charge >= 0.3 is 0 Å². The molecule has 0 radical (unpaired) electrons. The van der Waals surface area contributed by atoms with Crippen molar-refractivity contribution in [3.63, 3.8) is 0 Å². The van der Waals surface area contributed by atoms with Gasteiger partial charge in [0.05, 0.1) is 11.2 Å². The van der Waals surface area contributed by atoms with Crippen LogP contribution < -0.4 is 10.5 Å². The van der Waals surface area contributed by atoms with Gasteiger partial charge in [-0.1, -0.05) is 12.1 Å². The molecule has 19 heavy (non-hydrogen) atoms. The minimum Gasteiger partial charge on any atom is -0.484 e. The number of aromatic nitrogens is 3. The highest BCUT2D eigenvalue weighted by Gasteiger charge is 2.05. The number of ether oxygens (including phenoxy) is 1. The Bertz CT molecular complexity index is 720. The van der Waals surface area contributed by atoms with Gasteiger partial charge in [0, 0.05) is 6.20 Å². The van der Waals surface area contributed by atoms with E-state index in [1.165, 1.54) is 0 Å². The van der Waals surface area contributed by atoms with E-state index in [-0.39, 0.29) is 0 Å². The lowest BCUT2D eigenvalue weighted by Gasteiger charge is -2.06. The molecule has 0 amide bonds. The van der Waals surface area contributed by atoms with Crippen molar-refractivity contribution in [3.05, 3.63) is 47.9 Å². The number of nitrogens with zero attached hydrogens (tertiary/aromatic N) is 2. The Morgan fingerprint density at radius 1 is 1.32 bits per heavy atom. The minimum absolute atomic E-state index is 0.337. The number of rotatable bonds is 3. The number of anilines is 1. The van der Waals surface area contributed by atoms with Gasteiger partial charge in [-0.25, -0.2) is 9.97 Å². The zero-order valence-corrected chi connectivity index (χ0v) is 10.6. The minimum atomic E-state index is 0.337. The molecule has 0 spiro atoms. The molecule has 5 nitrogen and oxygen atoms in total. The summed E-state index contributed by atoms with van der Waals surface area (Å²) in [6.07, 6.45) is 1.79. The van der Waals surface area contributed by atoms with Crippen molar-refractivity contribution in [2.45, 2.75) is 13.5 Å². The first-order valence-electron chi connectivity index (χ1n) is 6.01. The number of nitrogens with two attached hydrogens (primary N) is 1. The lowest BCUT2D eigenvalue weighted by atomic mass is 10.3. The number of aromatic amines is 1. The molecule has 3 rings (SSSR count). The summed E-state index contributed by atoms with van der Waals surface area (Å²) in [4.78, 5) is 11.8. The number of aryl methyl sites for hydroxylation is 1. The van der Waals surface area contributed by atoms with Gasteiger partial charge in [0.25, 0.3) is 0 Å². The largest absolute Gasteiger partial charge is 0.484 e. The van der Waals surface area contributed by atoms with Crippen LogP contribution in [0.4, 0.5) is 5.69 Å². The van der Waals surface area contributed by atoms with Crippen molar-refractivity contribution >= 4 is 16.9 Å². The van der Waals surface area contributed by atoms with Crippen LogP contribution in [-0.4, -0.2) is 15.0 Å². The second kappa shape index (κ2) is 4.61. The van der Waals surface area contributed by atoms with Crippen LogP contribution in [0.5, 0.6) is 5.75 Å². The number of nitrogen functional groups attached to an aromatic ring is 1. The monoisotopic (exact) mass is 254 g/mol. The molecular formula is C14H14N4O. The SMILES string of the molecule is Cc1cnc2nc(COc3ccccc3N)[nH]c2c1. The average molecular weight is 254 g/mol. The van der Waals surface area contributed by atoms with Gasteiger partial charge in [-0.05, 0) is 30.7 Å². The molecule has 3 aromatic rings. The molecule has 1 aromatic carbocycles. The van der Waals surface area contributed by atoms with Gasteiger partial charge in [-0.15, -0.1) is 0 Å². The zero-order valence-electron chi connectivity index (χ0n) is 10.6. The second-order valence-corrected chi connectivity index (χ2v) is 4.39. The van der Waals surface area contributed by atoms with E-state index in [9.17, 15) is 0 Å². The van der Waals surface area contributed by atoms with Crippen LogP contribution in [0.25, 0.3) is 11.2 Å². The van der Waals surface area contributed by atoms with Crippen molar-refractivity contribution in [2.24, 2.45) is 0 Å². The van der Waals surface area contributed by atoms with Gasteiger partial charge in [-0.2, -0.15) is 0 Å². The molecule has 2 heterocycles. The van der Waals surface area contributed by atoms with Crippen LogP contribution in [0.2, 0.25) is 0 Å². The molecule has 0 bridgehead atoms. The molecular weight excluding hydrogens is 240 g/mol. The van der Waals surface area contributed by atoms with Gasteiger partial charge in [-0.3, -0.25) is 0 Å². The van der Waals surface area contributed by atoms with E-state index in [0.29, 0.717) is 23.7 Å². The van der Waals surface area contributed by atoms with E-state index >= 15 is 0 Å². The third-order valence-electron chi connectivity index (χ3n) is 2.81.